The highest BCUT2D eigenvalue weighted by Crippen LogP contribution is 2.27. The number of ether oxygens (including phenoxy) is 1. The third kappa shape index (κ3) is 5.22. The Kier molecular flexibility index (Phi) is 6.65. The van der Waals surface area contributed by atoms with Gasteiger partial charge in [0.1, 0.15) is 5.75 Å². The van der Waals surface area contributed by atoms with E-state index in [9.17, 15) is 18.0 Å². The molecule has 1 amide bonds. The molecule has 3 N–H and O–H groups in total. The van der Waals surface area contributed by atoms with E-state index in [0.717, 1.165) is 11.1 Å². The zero-order valence-corrected chi connectivity index (χ0v) is 20.4. The van der Waals surface area contributed by atoms with E-state index in [1.54, 1.807) is 60.7 Å². The maximum atomic E-state index is 13.6. The monoisotopic (exact) mass is 494 g/mol. The van der Waals surface area contributed by atoms with Gasteiger partial charge in [0.2, 0.25) is 5.91 Å². The second-order valence-electron chi connectivity index (χ2n) is 8.16. The van der Waals surface area contributed by atoms with E-state index in [1.165, 1.54) is 11.4 Å². The molecule has 0 spiro atoms. The zero-order chi connectivity index (χ0) is 25.2. The van der Waals surface area contributed by atoms with Crippen LogP contribution in [0, 0.1) is 13.8 Å². The Morgan fingerprint density at radius 3 is 2.34 bits per heavy atom. The molecule has 0 aliphatic rings. The molecule has 4 aromatic rings. The zero-order valence-electron chi connectivity index (χ0n) is 19.6. The first kappa shape index (κ1) is 24.1. The van der Waals surface area contributed by atoms with Crippen LogP contribution in [0.5, 0.6) is 5.75 Å². The number of hydrogen-bond acceptors (Lipinski definition) is 5. The lowest BCUT2D eigenvalue weighted by atomic mass is 10.1. The molecule has 4 rings (SSSR count). The molecule has 0 unspecified atom stereocenters. The third-order valence-electron chi connectivity index (χ3n) is 5.77. The number of H-pyrrole nitrogens is 2. The van der Waals surface area contributed by atoms with Crippen molar-refractivity contribution in [2.75, 3.05) is 23.3 Å². The molecule has 0 aliphatic heterocycles. The summed E-state index contributed by atoms with van der Waals surface area (Å²) < 4.78 is 33.6. The first-order valence-corrected chi connectivity index (χ1v) is 12.4. The van der Waals surface area contributed by atoms with E-state index >= 15 is 0 Å². The van der Waals surface area contributed by atoms with Gasteiger partial charge in [0.25, 0.3) is 10.0 Å². The molecular formula is C25H26N4O5S. The number of nitrogens with one attached hydrogen (secondary N) is 3. The van der Waals surface area contributed by atoms with Gasteiger partial charge in [-0.1, -0.05) is 6.07 Å². The summed E-state index contributed by atoms with van der Waals surface area (Å²) in [5.41, 5.74) is 3.60. The summed E-state index contributed by atoms with van der Waals surface area (Å²) in [6.07, 6.45) is -0.0855. The van der Waals surface area contributed by atoms with Crippen molar-refractivity contribution in [1.82, 2.24) is 9.97 Å². The Labute approximate surface area is 202 Å². The van der Waals surface area contributed by atoms with Crippen LogP contribution in [0.25, 0.3) is 11.0 Å². The predicted molar refractivity (Wildman–Crippen MR) is 136 cm³/mol. The van der Waals surface area contributed by atoms with Gasteiger partial charge in [-0.25, -0.2) is 13.2 Å². The van der Waals surface area contributed by atoms with Crippen LogP contribution in [0.2, 0.25) is 0 Å². The van der Waals surface area contributed by atoms with Crippen molar-refractivity contribution in [2.45, 2.75) is 25.2 Å². The van der Waals surface area contributed by atoms with Crippen LogP contribution in [0.3, 0.4) is 0 Å². The molecule has 1 aromatic heterocycles. The van der Waals surface area contributed by atoms with E-state index in [0.29, 0.717) is 28.2 Å². The molecule has 10 heteroatoms. The fraction of sp³-hybridized carbons (Fsp3) is 0.200. The first-order chi connectivity index (χ1) is 16.7. The van der Waals surface area contributed by atoms with Crippen molar-refractivity contribution in [3.63, 3.8) is 0 Å². The van der Waals surface area contributed by atoms with E-state index in [1.807, 2.05) is 13.8 Å². The largest absolute Gasteiger partial charge is 0.497 e. The minimum atomic E-state index is -3.94. The van der Waals surface area contributed by atoms with Gasteiger partial charge >= 0.3 is 5.69 Å². The Balaban J connectivity index is 1.58. The van der Waals surface area contributed by atoms with Crippen LogP contribution in [0.15, 0.2) is 70.4 Å². The number of carbonyl (C=O) groups excluding carboxylic acids is 1. The number of fused-ring (bicyclic) bond motifs is 1. The normalized spacial score (nSPS) is 11.4. The molecule has 35 heavy (non-hydrogen) atoms. The van der Waals surface area contributed by atoms with Crippen molar-refractivity contribution in [3.8, 4) is 5.75 Å². The number of sulfonamides is 1. The molecule has 0 atom stereocenters. The summed E-state index contributed by atoms with van der Waals surface area (Å²) in [6, 6.07) is 16.6. The number of aromatic nitrogens is 2. The molecule has 1 heterocycles. The highest BCUT2D eigenvalue weighted by Gasteiger charge is 2.26. The number of nitrogens with zero attached hydrogens (tertiary/aromatic N) is 1. The number of aryl methyl sites for hydroxylation is 2. The van der Waals surface area contributed by atoms with Gasteiger partial charge in [0.15, 0.2) is 0 Å². The molecule has 0 aliphatic carbocycles. The van der Waals surface area contributed by atoms with Crippen LogP contribution < -0.4 is 20.0 Å². The number of rotatable bonds is 8. The van der Waals surface area contributed by atoms with E-state index in [-0.39, 0.29) is 29.5 Å². The summed E-state index contributed by atoms with van der Waals surface area (Å²) in [5.74, 6) is 0.226. The molecular weight excluding hydrogens is 468 g/mol. The molecule has 3 aromatic carbocycles. The lowest BCUT2D eigenvalue weighted by molar-refractivity contribution is -0.116. The number of methoxy groups -OCH3 is 1. The highest BCUT2D eigenvalue weighted by atomic mass is 32.2. The molecule has 0 saturated carbocycles. The van der Waals surface area contributed by atoms with Gasteiger partial charge in [-0.05, 0) is 79.6 Å². The van der Waals surface area contributed by atoms with Crippen molar-refractivity contribution in [3.05, 3.63) is 82.3 Å². The van der Waals surface area contributed by atoms with Gasteiger partial charge in [0.05, 0.1) is 28.7 Å². The molecule has 0 radical (unpaired) electrons. The average Bonchev–Trinajstić information content (AvgIpc) is 3.20. The second-order valence-corrected chi connectivity index (χ2v) is 10.0. The van der Waals surface area contributed by atoms with Gasteiger partial charge < -0.3 is 20.0 Å². The Morgan fingerprint density at radius 2 is 1.66 bits per heavy atom. The first-order valence-electron chi connectivity index (χ1n) is 10.9. The lowest BCUT2D eigenvalue weighted by Gasteiger charge is -2.25. The van der Waals surface area contributed by atoms with Gasteiger partial charge in [-0.2, -0.15) is 0 Å². The fourth-order valence-electron chi connectivity index (χ4n) is 3.68. The van der Waals surface area contributed by atoms with Crippen LogP contribution in [-0.4, -0.2) is 37.9 Å². The number of aromatic amines is 2. The van der Waals surface area contributed by atoms with Gasteiger partial charge in [0, 0.05) is 18.7 Å². The van der Waals surface area contributed by atoms with Crippen LogP contribution in [0.4, 0.5) is 11.4 Å². The number of imidazole rings is 1. The number of carbonyl (C=O) groups is 1. The minimum absolute atomic E-state index is 0.0728. The smallest absolute Gasteiger partial charge is 0.323 e. The third-order valence-corrected chi connectivity index (χ3v) is 7.59. The number of anilines is 2. The van der Waals surface area contributed by atoms with Crippen molar-refractivity contribution >= 4 is 38.3 Å². The van der Waals surface area contributed by atoms with Gasteiger partial charge in [-0.15, -0.1) is 0 Å². The quantitative estimate of drug-likeness (QED) is 0.344. The number of hydrogen-bond donors (Lipinski definition) is 3. The molecule has 0 fully saturated rings. The van der Waals surface area contributed by atoms with Crippen LogP contribution in [0.1, 0.15) is 17.5 Å². The fourth-order valence-corrected chi connectivity index (χ4v) is 5.23. The summed E-state index contributed by atoms with van der Waals surface area (Å²) in [6.45, 7) is 3.70. The molecule has 0 bridgehead atoms. The predicted octanol–water partition coefficient (Wildman–Crippen LogP) is 3.71. The Bertz CT molecular complexity index is 1540. The maximum Gasteiger partial charge on any atom is 0.323 e. The highest BCUT2D eigenvalue weighted by molar-refractivity contribution is 7.92. The summed E-state index contributed by atoms with van der Waals surface area (Å²) >= 11 is 0. The van der Waals surface area contributed by atoms with Gasteiger partial charge in [-0.3, -0.25) is 9.10 Å². The van der Waals surface area contributed by atoms with E-state index in [2.05, 4.69) is 15.3 Å². The van der Waals surface area contributed by atoms with Crippen molar-refractivity contribution in [2.24, 2.45) is 0 Å². The molecule has 0 saturated heterocycles. The number of benzene rings is 3. The summed E-state index contributed by atoms with van der Waals surface area (Å²) in [5, 5.41) is 2.76. The lowest BCUT2D eigenvalue weighted by Crippen LogP contribution is -2.34. The second kappa shape index (κ2) is 9.67. The van der Waals surface area contributed by atoms with E-state index < -0.39 is 10.0 Å². The Morgan fingerprint density at radius 1 is 0.943 bits per heavy atom. The maximum absolute atomic E-state index is 13.6. The minimum Gasteiger partial charge on any atom is -0.497 e. The SMILES string of the molecule is COc1ccc(N(CCC(=O)Nc2ccc3[nH]c(=O)[nH]c3c2)S(=O)(=O)c2ccc(C)c(C)c2)cc1. The Hall–Kier alpha value is -4.05. The van der Waals surface area contributed by atoms with Crippen molar-refractivity contribution in [1.29, 1.82) is 0 Å². The summed E-state index contributed by atoms with van der Waals surface area (Å²) in [4.78, 5) is 29.6. The van der Waals surface area contributed by atoms with Crippen molar-refractivity contribution < 1.29 is 17.9 Å². The summed E-state index contributed by atoms with van der Waals surface area (Å²) in [7, 11) is -2.41. The topological polar surface area (TPSA) is 124 Å². The standard InChI is InChI=1S/C25H26N4O5S/c1-16-4-10-21(14-17(16)2)35(32,33)29(19-6-8-20(34-3)9-7-19)13-12-24(30)26-18-5-11-22-23(15-18)28-25(31)27-22/h4-11,14-15H,12-13H2,1-3H3,(H,26,30)(H2,27,28,31). The molecule has 9 nitrogen and oxygen atoms in total. The molecule has 182 valence electrons. The number of amides is 1. The van der Waals surface area contributed by atoms with E-state index in [4.69, 9.17) is 4.74 Å². The van der Waals surface area contributed by atoms with Crippen LogP contribution >= 0.6 is 0 Å². The van der Waals surface area contributed by atoms with Crippen LogP contribution in [-0.2, 0) is 14.8 Å². The average molecular weight is 495 g/mol.